The number of benzene rings is 1. The van der Waals surface area contributed by atoms with Crippen LogP contribution < -0.4 is 15.1 Å². The van der Waals surface area contributed by atoms with Gasteiger partial charge in [-0.1, -0.05) is 17.9 Å². The third-order valence-corrected chi connectivity index (χ3v) is 6.28. The van der Waals surface area contributed by atoms with Crippen molar-refractivity contribution in [2.45, 2.75) is 71.1 Å². The van der Waals surface area contributed by atoms with E-state index in [1.54, 1.807) is 11.9 Å². The molecule has 0 radical (unpaired) electrons. The molecule has 10 heteroatoms. The second-order valence-corrected chi connectivity index (χ2v) is 10.4. The van der Waals surface area contributed by atoms with E-state index in [4.69, 9.17) is 9.47 Å². The van der Waals surface area contributed by atoms with E-state index in [1.165, 1.54) is 4.90 Å². The molecule has 4 amide bonds. The van der Waals surface area contributed by atoms with Crippen LogP contribution in [0, 0.1) is 11.8 Å². The average Bonchev–Trinajstić information content (AvgIpc) is 2.88. The largest absolute Gasteiger partial charge is 0.444 e. The summed E-state index contributed by atoms with van der Waals surface area (Å²) in [5.74, 6) is 5.86. The number of rotatable bonds is 10. The fraction of sp³-hybridized carbons (Fsp3) is 0.571. The minimum atomic E-state index is -0.519. The van der Waals surface area contributed by atoms with Crippen molar-refractivity contribution in [2.24, 2.45) is 0 Å². The van der Waals surface area contributed by atoms with Crippen LogP contribution in [0.5, 0.6) is 0 Å². The van der Waals surface area contributed by atoms with Crippen LogP contribution in [0.25, 0.3) is 0 Å². The topological polar surface area (TPSA) is 108 Å². The van der Waals surface area contributed by atoms with Crippen molar-refractivity contribution in [3.63, 3.8) is 0 Å². The van der Waals surface area contributed by atoms with Gasteiger partial charge in [0.15, 0.2) is 0 Å². The SMILES string of the molecule is CC(CCC(=O)NC=O)N(C)c1cccc(C#CCOC2CCN(C(=O)OC(C)(C)C)CC2)c1N(C)C=O. The fourth-order valence-electron chi connectivity index (χ4n) is 4.07. The van der Waals surface area contributed by atoms with Gasteiger partial charge in [-0.25, -0.2) is 4.79 Å². The van der Waals surface area contributed by atoms with Crippen molar-refractivity contribution in [1.29, 1.82) is 0 Å². The highest BCUT2D eigenvalue weighted by atomic mass is 16.6. The van der Waals surface area contributed by atoms with Crippen LogP contribution in [-0.4, -0.2) is 81.3 Å². The van der Waals surface area contributed by atoms with Gasteiger partial charge in [0.05, 0.1) is 23.0 Å². The first-order chi connectivity index (χ1) is 18.0. The molecule has 0 aromatic heterocycles. The Balaban J connectivity index is 2.02. The lowest BCUT2D eigenvalue weighted by molar-refractivity contribution is -0.125. The number of nitrogens with zero attached hydrogens (tertiary/aromatic N) is 3. The maximum Gasteiger partial charge on any atom is 0.410 e. The maximum absolute atomic E-state index is 12.2. The molecule has 1 fully saturated rings. The van der Waals surface area contributed by atoms with Crippen LogP contribution in [-0.2, 0) is 23.9 Å². The minimum Gasteiger partial charge on any atom is -0.444 e. The quantitative estimate of drug-likeness (QED) is 0.367. The van der Waals surface area contributed by atoms with Crippen molar-refractivity contribution in [1.82, 2.24) is 10.2 Å². The Labute approximate surface area is 225 Å². The van der Waals surface area contributed by atoms with Crippen LogP contribution in [0.3, 0.4) is 0 Å². The Morgan fingerprint density at radius 2 is 1.89 bits per heavy atom. The second-order valence-electron chi connectivity index (χ2n) is 10.4. The molecule has 2 rings (SSSR count). The van der Waals surface area contributed by atoms with Gasteiger partial charge in [-0.3, -0.25) is 19.7 Å². The summed E-state index contributed by atoms with van der Waals surface area (Å²) in [7, 11) is 3.56. The molecule has 1 heterocycles. The molecule has 1 aromatic carbocycles. The average molecular weight is 529 g/mol. The molecule has 1 aliphatic heterocycles. The zero-order valence-corrected chi connectivity index (χ0v) is 23.3. The van der Waals surface area contributed by atoms with Gasteiger partial charge in [0.2, 0.25) is 18.7 Å². The molecular formula is C28H40N4O6. The lowest BCUT2D eigenvalue weighted by atomic mass is 10.1. The highest BCUT2D eigenvalue weighted by molar-refractivity contribution is 5.88. The molecule has 10 nitrogen and oxygen atoms in total. The fourth-order valence-corrected chi connectivity index (χ4v) is 4.07. The number of likely N-dealkylation sites (tertiary alicyclic amines) is 1. The van der Waals surface area contributed by atoms with Crippen LogP contribution >= 0.6 is 0 Å². The van der Waals surface area contributed by atoms with Crippen molar-refractivity contribution in [3.8, 4) is 11.8 Å². The minimum absolute atomic E-state index is 0.00911. The summed E-state index contributed by atoms with van der Waals surface area (Å²) >= 11 is 0. The molecule has 1 atom stereocenters. The van der Waals surface area contributed by atoms with Gasteiger partial charge < -0.3 is 24.2 Å². The van der Waals surface area contributed by atoms with E-state index >= 15 is 0 Å². The number of nitrogens with one attached hydrogen (secondary N) is 1. The Morgan fingerprint density at radius 3 is 2.50 bits per heavy atom. The highest BCUT2D eigenvalue weighted by Crippen LogP contribution is 2.32. The van der Waals surface area contributed by atoms with Gasteiger partial charge in [0.1, 0.15) is 12.2 Å². The molecule has 1 aliphatic rings. The molecule has 38 heavy (non-hydrogen) atoms. The summed E-state index contributed by atoms with van der Waals surface area (Å²) in [6.07, 6.45) is 2.97. The number of anilines is 2. The number of carbonyl (C=O) groups is 4. The van der Waals surface area contributed by atoms with Crippen molar-refractivity contribution < 1.29 is 28.7 Å². The van der Waals surface area contributed by atoms with Gasteiger partial charge in [-0.2, -0.15) is 0 Å². The maximum atomic E-state index is 12.2. The molecule has 0 saturated carbocycles. The van der Waals surface area contributed by atoms with Crippen molar-refractivity contribution in [2.75, 3.05) is 43.6 Å². The van der Waals surface area contributed by atoms with Gasteiger partial charge in [0, 0.05) is 39.6 Å². The number of imide groups is 1. The number of ether oxygens (including phenoxy) is 2. The van der Waals surface area contributed by atoms with Gasteiger partial charge >= 0.3 is 6.09 Å². The summed E-state index contributed by atoms with van der Waals surface area (Å²) in [5.41, 5.74) is 1.62. The lowest BCUT2D eigenvalue weighted by Gasteiger charge is -2.33. The number of amides is 4. The predicted octanol–water partition coefficient (Wildman–Crippen LogP) is 2.92. The molecule has 1 N–H and O–H groups in total. The second kappa shape index (κ2) is 14.4. The molecule has 1 aromatic rings. The molecular weight excluding hydrogens is 488 g/mol. The van der Waals surface area contributed by atoms with Crippen LogP contribution in [0.15, 0.2) is 18.2 Å². The Hall–Kier alpha value is -3.58. The van der Waals surface area contributed by atoms with Gasteiger partial charge in [-0.05, 0) is 59.1 Å². The number of para-hydroxylation sites is 1. The third-order valence-electron chi connectivity index (χ3n) is 6.28. The zero-order chi connectivity index (χ0) is 28.3. The van der Waals surface area contributed by atoms with E-state index in [0.29, 0.717) is 50.0 Å². The highest BCUT2D eigenvalue weighted by Gasteiger charge is 2.27. The van der Waals surface area contributed by atoms with Crippen molar-refractivity contribution >= 4 is 36.2 Å². The number of hydrogen-bond acceptors (Lipinski definition) is 7. The summed E-state index contributed by atoms with van der Waals surface area (Å²) in [6, 6.07) is 5.58. The first kappa shape index (κ1) is 30.6. The van der Waals surface area contributed by atoms with Crippen molar-refractivity contribution in [3.05, 3.63) is 23.8 Å². The van der Waals surface area contributed by atoms with E-state index in [0.717, 1.165) is 12.1 Å². The van der Waals surface area contributed by atoms with E-state index in [1.807, 2.05) is 57.8 Å². The van der Waals surface area contributed by atoms with E-state index in [9.17, 15) is 19.2 Å². The number of carbonyl (C=O) groups excluding carboxylic acids is 4. The van der Waals surface area contributed by atoms with Crippen LogP contribution in [0.1, 0.15) is 58.9 Å². The van der Waals surface area contributed by atoms with E-state index in [2.05, 4.69) is 17.2 Å². The molecule has 1 saturated heterocycles. The summed E-state index contributed by atoms with van der Waals surface area (Å²) in [5, 5.41) is 2.15. The standard InChI is InChI=1S/C28H40N4O6/c1-21(12-13-25(35)29-19-33)31(6)24-11-7-9-22(26(24)30(5)20-34)10-8-18-37-23-14-16-32(17-15-23)27(36)38-28(2,3)4/h7,9,11,19-21,23H,12-18H2,1-6H3,(H,29,33,35). The normalized spacial score (nSPS) is 14.5. The molecule has 0 aliphatic carbocycles. The van der Waals surface area contributed by atoms with E-state index < -0.39 is 5.60 Å². The number of hydrogen-bond donors (Lipinski definition) is 1. The molecule has 0 bridgehead atoms. The van der Waals surface area contributed by atoms with Gasteiger partial charge in [-0.15, -0.1) is 0 Å². The van der Waals surface area contributed by atoms with Gasteiger partial charge in [0.25, 0.3) is 0 Å². The van der Waals surface area contributed by atoms with Crippen LogP contribution in [0.2, 0.25) is 0 Å². The zero-order valence-electron chi connectivity index (χ0n) is 23.3. The van der Waals surface area contributed by atoms with E-state index in [-0.39, 0.29) is 37.2 Å². The summed E-state index contributed by atoms with van der Waals surface area (Å²) < 4.78 is 11.4. The predicted molar refractivity (Wildman–Crippen MR) is 146 cm³/mol. The molecule has 208 valence electrons. The Kier molecular flexibility index (Phi) is 11.6. The van der Waals surface area contributed by atoms with Crippen LogP contribution in [0.4, 0.5) is 16.2 Å². The first-order valence-electron chi connectivity index (χ1n) is 12.8. The monoisotopic (exact) mass is 528 g/mol. The first-order valence-corrected chi connectivity index (χ1v) is 12.8. The lowest BCUT2D eigenvalue weighted by Crippen LogP contribution is -2.43. The smallest absolute Gasteiger partial charge is 0.410 e. The molecule has 0 spiro atoms. The Morgan fingerprint density at radius 1 is 1.21 bits per heavy atom. The number of piperidine rings is 1. The summed E-state index contributed by atoms with van der Waals surface area (Å²) in [6.45, 7) is 8.90. The molecule has 1 unspecified atom stereocenters. The third kappa shape index (κ3) is 9.38. The Bertz CT molecular complexity index is 1030. The summed E-state index contributed by atoms with van der Waals surface area (Å²) in [4.78, 5) is 51.2.